The Bertz CT molecular complexity index is 424. The summed E-state index contributed by atoms with van der Waals surface area (Å²) in [6, 6.07) is 5.78. The van der Waals surface area contributed by atoms with Crippen molar-refractivity contribution in [1.29, 1.82) is 0 Å². The number of nitrogen functional groups attached to an aromatic ring is 1. The van der Waals surface area contributed by atoms with Crippen LogP contribution < -0.4 is 5.73 Å². The Morgan fingerprint density at radius 1 is 1.43 bits per heavy atom. The van der Waals surface area contributed by atoms with Crippen molar-refractivity contribution in [3.63, 3.8) is 0 Å². The van der Waals surface area contributed by atoms with E-state index in [9.17, 15) is 0 Å². The van der Waals surface area contributed by atoms with Crippen LogP contribution in [0, 0.1) is 0 Å². The van der Waals surface area contributed by atoms with Gasteiger partial charge in [0.15, 0.2) is 0 Å². The molecule has 14 heavy (non-hydrogen) atoms. The summed E-state index contributed by atoms with van der Waals surface area (Å²) in [5.74, 6) is 0. The third-order valence-electron chi connectivity index (χ3n) is 1.91. The third-order valence-corrected chi connectivity index (χ3v) is 2.87. The molecule has 0 unspecified atom stereocenters. The Morgan fingerprint density at radius 2 is 2.29 bits per heavy atom. The second-order valence-corrected chi connectivity index (χ2v) is 3.71. The molecule has 0 aliphatic heterocycles. The minimum Gasteiger partial charge on any atom is -0.398 e. The highest BCUT2D eigenvalue weighted by Gasteiger charge is 2.03. The first kappa shape index (κ1) is 9.21. The van der Waals surface area contributed by atoms with E-state index in [1.54, 1.807) is 11.0 Å². The average Bonchev–Trinajstić information content (AvgIpc) is 2.66. The smallest absolute Gasteiger partial charge is 0.137 e. The van der Waals surface area contributed by atoms with E-state index in [-0.39, 0.29) is 0 Å². The van der Waals surface area contributed by atoms with Gasteiger partial charge in [-0.3, -0.25) is 0 Å². The zero-order valence-electron chi connectivity index (χ0n) is 7.39. The Labute approximate surface area is 89.9 Å². The van der Waals surface area contributed by atoms with Crippen molar-refractivity contribution >= 4 is 21.6 Å². The first-order valence-electron chi connectivity index (χ1n) is 4.12. The fourth-order valence-electron chi connectivity index (χ4n) is 1.21. The molecule has 4 nitrogen and oxygen atoms in total. The molecule has 0 saturated carbocycles. The Balaban J connectivity index is 2.29. The standard InChI is InChI=1S/C9H9BrN4/c10-9-7(2-1-3-8(9)11)4-14-6-12-5-13-14/h1-3,5-6H,4,11H2. The van der Waals surface area contributed by atoms with Crippen LogP contribution >= 0.6 is 15.9 Å². The fraction of sp³-hybridized carbons (Fsp3) is 0.111. The Kier molecular flexibility index (Phi) is 2.49. The molecule has 5 heteroatoms. The van der Waals surface area contributed by atoms with Gasteiger partial charge in [-0.25, -0.2) is 9.67 Å². The van der Waals surface area contributed by atoms with Crippen LogP contribution in [0.5, 0.6) is 0 Å². The van der Waals surface area contributed by atoms with Crippen molar-refractivity contribution < 1.29 is 0 Å². The van der Waals surface area contributed by atoms with E-state index in [2.05, 4.69) is 26.0 Å². The largest absolute Gasteiger partial charge is 0.398 e. The quantitative estimate of drug-likeness (QED) is 0.828. The van der Waals surface area contributed by atoms with Gasteiger partial charge in [-0.2, -0.15) is 5.10 Å². The van der Waals surface area contributed by atoms with Gasteiger partial charge in [0.1, 0.15) is 12.7 Å². The number of aromatic nitrogens is 3. The molecule has 1 heterocycles. The molecule has 2 N–H and O–H groups in total. The maximum Gasteiger partial charge on any atom is 0.137 e. The highest BCUT2D eigenvalue weighted by Crippen LogP contribution is 2.23. The minimum absolute atomic E-state index is 0.672. The van der Waals surface area contributed by atoms with Crippen LogP contribution in [0.15, 0.2) is 35.3 Å². The number of nitrogens with two attached hydrogens (primary N) is 1. The monoisotopic (exact) mass is 252 g/mol. The first-order chi connectivity index (χ1) is 6.77. The van der Waals surface area contributed by atoms with Crippen LogP contribution in [0.3, 0.4) is 0 Å². The molecular formula is C9H9BrN4. The molecule has 2 aromatic rings. The Hall–Kier alpha value is -1.36. The van der Waals surface area contributed by atoms with Crippen molar-refractivity contribution in [3.8, 4) is 0 Å². The molecule has 0 fully saturated rings. The van der Waals surface area contributed by atoms with Crippen molar-refractivity contribution in [3.05, 3.63) is 40.9 Å². The van der Waals surface area contributed by atoms with Gasteiger partial charge < -0.3 is 5.73 Å². The summed E-state index contributed by atoms with van der Waals surface area (Å²) in [4.78, 5) is 3.88. The van der Waals surface area contributed by atoms with E-state index in [0.29, 0.717) is 6.54 Å². The van der Waals surface area contributed by atoms with E-state index in [4.69, 9.17) is 5.73 Å². The van der Waals surface area contributed by atoms with Crippen molar-refractivity contribution in [2.24, 2.45) is 0 Å². The number of hydrogen-bond acceptors (Lipinski definition) is 3. The van der Waals surface area contributed by atoms with E-state index in [0.717, 1.165) is 15.7 Å². The number of benzene rings is 1. The predicted octanol–water partition coefficient (Wildman–Crippen LogP) is 1.67. The van der Waals surface area contributed by atoms with E-state index < -0.39 is 0 Å². The number of anilines is 1. The van der Waals surface area contributed by atoms with Gasteiger partial charge >= 0.3 is 0 Å². The summed E-state index contributed by atoms with van der Waals surface area (Å²) in [5, 5.41) is 4.03. The summed E-state index contributed by atoms with van der Waals surface area (Å²) in [5.41, 5.74) is 7.59. The maximum absolute atomic E-state index is 5.76. The molecule has 2 rings (SSSR count). The van der Waals surface area contributed by atoms with E-state index in [1.807, 2.05) is 18.2 Å². The normalized spacial score (nSPS) is 10.4. The van der Waals surface area contributed by atoms with Crippen LogP contribution in [-0.4, -0.2) is 14.8 Å². The van der Waals surface area contributed by atoms with Crippen molar-refractivity contribution in [2.45, 2.75) is 6.54 Å². The molecule has 0 radical (unpaired) electrons. The van der Waals surface area contributed by atoms with Crippen molar-refractivity contribution in [1.82, 2.24) is 14.8 Å². The molecule has 0 atom stereocenters. The van der Waals surface area contributed by atoms with Gasteiger partial charge in [0.05, 0.1) is 6.54 Å². The molecule has 0 saturated heterocycles. The van der Waals surface area contributed by atoms with Crippen LogP contribution in [0.25, 0.3) is 0 Å². The van der Waals surface area contributed by atoms with Crippen LogP contribution in [-0.2, 0) is 6.54 Å². The lowest BCUT2D eigenvalue weighted by Crippen LogP contribution is -2.01. The number of hydrogen-bond donors (Lipinski definition) is 1. The molecule has 0 amide bonds. The molecule has 0 aliphatic carbocycles. The maximum atomic E-state index is 5.76. The highest BCUT2D eigenvalue weighted by atomic mass is 79.9. The number of rotatable bonds is 2. The summed E-state index contributed by atoms with van der Waals surface area (Å²) in [6.45, 7) is 0.672. The molecule has 1 aromatic carbocycles. The molecule has 0 spiro atoms. The fourth-order valence-corrected chi connectivity index (χ4v) is 1.60. The number of nitrogens with zero attached hydrogens (tertiary/aromatic N) is 3. The lowest BCUT2D eigenvalue weighted by molar-refractivity contribution is 0.683. The SMILES string of the molecule is Nc1cccc(Cn2cncn2)c1Br. The van der Waals surface area contributed by atoms with E-state index >= 15 is 0 Å². The summed E-state index contributed by atoms with van der Waals surface area (Å²) >= 11 is 3.44. The first-order valence-corrected chi connectivity index (χ1v) is 4.92. The van der Waals surface area contributed by atoms with Crippen LogP contribution in [0.1, 0.15) is 5.56 Å². The summed E-state index contributed by atoms with van der Waals surface area (Å²) in [7, 11) is 0. The van der Waals surface area contributed by atoms with Crippen molar-refractivity contribution in [2.75, 3.05) is 5.73 Å². The molecule has 0 aliphatic rings. The lowest BCUT2D eigenvalue weighted by Gasteiger charge is -2.06. The summed E-state index contributed by atoms with van der Waals surface area (Å²) < 4.78 is 2.68. The second-order valence-electron chi connectivity index (χ2n) is 2.91. The predicted molar refractivity (Wildman–Crippen MR) is 57.7 cm³/mol. The van der Waals surface area contributed by atoms with Gasteiger partial charge in [0.25, 0.3) is 0 Å². The van der Waals surface area contributed by atoms with Gasteiger partial charge in [-0.15, -0.1) is 0 Å². The lowest BCUT2D eigenvalue weighted by atomic mass is 10.2. The van der Waals surface area contributed by atoms with Gasteiger partial charge in [-0.05, 0) is 27.6 Å². The zero-order chi connectivity index (χ0) is 9.97. The molecule has 0 bridgehead atoms. The molecular weight excluding hydrogens is 244 g/mol. The van der Waals surface area contributed by atoms with Crippen LogP contribution in [0.2, 0.25) is 0 Å². The topological polar surface area (TPSA) is 56.7 Å². The van der Waals surface area contributed by atoms with E-state index in [1.165, 1.54) is 6.33 Å². The van der Waals surface area contributed by atoms with Gasteiger partial charge in [0, 0.05) is 10.2 Å². The highest BCUT2D eigenvalue weighted by molar-refractivity contribution is 9.10. The Morgan fingerprint density at radius 3 is 3.00 bits per heavy atom. The zero-order valence-corrected chi connectivity index (χ0v) is 8.98. The van der Waals surface area contributed by atoms with Gasteiger partial charge in [-0.1, -0.05) is 12.1 Å². The number of halogens is 1. The van der Waals surface area contributed by atoms with Gasteiger partial charge in [0.2, 0.25) is 0 Å². The third kappa shape index (κ3) is 1.77. The molecule has 1 aromatic heterocycles. The minimum atomic E-state index is 0.672. The average molecular weight is 253 g/mol. The molecule has 72 valence electrons. The second kappa shape index (κ2) is 3.79. The summed E-state index contributed by atoms with van der Waals surface area (Å²) in [6.07, 6.45) is 3.19. The van der Waals surface area contributed by atoms with Crippen LogP contribution in [0.4, 0.5) is 5.69 Å².